The van der Waals surface area contributed by atoms with Crippen molar-refractivity contribution in [1.82, 2.24) is 0 Å². The molecule has 0 radical (unpaired) electrons. The zero-order chi connectivity index (χ0) is 6.62. The van der Waals surface area contributed by atoms with Crippen molar-refractivity contribution in [2.24, 2.45) is 0 Å². The highest BCUT2D eigenvalue weighted by atomic mass is 28.4. The van der Waals surface area contributed by atoms with E-state index in [1.165, 1.54) is 21.3 Å². The second-order valence-corrected chi connectivity index (χ2v) is 3.34. The molecular formula is C3H9O4Si-. The molecule has 0 aromatic rings. The molecule has 0 saturated carbocycles. The van der Waals surface area contributed by atoms with Crippen LogP contribution in [0.5, 0.6) is 0 Å². The summed E-state index contributed by atoms with van der Waals surface area (Å²) in [6.07, 6.45) is 0. The highest BCUT2D eigenvalue weighted by Crippen LogP contribution is 1.92. The minimum atomic E-state index is -3.42. The molecule has 8 heavy (non-hydrogen) atoms. The van der Waals surface area contributed by atoms with Crippen molar-refractivity contribution in [2.75, 3.05) is 21.3 Å². The van der Waals surface area contributed by atoms with E-state index < -0.39 is 9.05 Å². The van der Waals surface area contributed by atoms with Gasteiger partial charge in [0.15, 0.2) is 0 Å². The summed E-state index contributed by atoms with van der Waals surface area (Å²) in [4.78, 5) is 10.7. The Morgan fingerprint density at radius 2 is 1.25 bits per heavy atom. The maximum atomic E-state index is 10.7. The summed E-state index contributed by atoms with van der Waals surface area (Å²) in [5.74, 6) is 0. The lowest BCUT2D eigenvalue weighted by atomic mass is 11.8. The lowest BCUT2D eigenvalue weighted by Crippen LogP contribution is -2.56. The fraction of sp³-hybridized carbons (Fsp3) is 1.00. The normalized spacial score (nSPS) is 12.0. The van der Waals surface area contributed by atoms with Gasteiger partial charge in [-0.1, -0.05) is 0 Å². The maximum absolute atomic E-state index is 10.7. The topological polar surface area (TPSA) is 50.8 Å². The predicted molar refractivity (Wildman–Crippen MR) is 26.8 cm³/mol. The Morgan fingerprint density at radius 1 is 1.00 bits per heavy atom. The third-order valence-electron chi connectivity index (χ3n) is 0.750. The Balaban J connectivity index is 3.58. The summed E-state index contributed by atoms with van der Waals surface area (Å²) in [7, 11) is 0.389. The van der Waals surface area contributed by atoms with Gasteiger partial charge in [0.1, 0.15) is 0 Å². The van der Waals surface area contributed by atoms with Crippen LogP contribution < -0.4 is 4.80 Å². The van der Waals surface area contributed by atoms with Crippen molar-refractivity contribution in [3.63, 3.8) is 0 Å². The van der Waals surface area contributed by atoms with Crippen molar-refractivity contribution >= 4 is 9.05 Å². The molecule has 50 valence electrons. The van der Waals surface area contributed by atoms with Crippen LogP contribution in [0.4, 0.5) is 0 Å². The minimum absolute atomic E-state index is 1.27. The van der Waals surface area contributed by atoms with Gasteiger partial charge in [-0.25, -0.2) is 0 Å². The van der Waals surface area contributed by atoms with Gasteiger partial charge in [-0.2, -0.15) is 0 Å². The quantitative estimate of drug-likeness (QED) is 0.455. The first kappa shape index (κ1) is 8.06. The van der Waals surface area contributed by atoms with E-state index in [1.54, 1.807) is 0 Å². The van der Waals surface area contributed by atoms with Crippen LogP contribution in [0, 0.1) is 0 Å². The summed E-state index contributed by atoms with van der Waals surface area (Å²) in [6, 6.07) is 0. The summed E-state index contributed by atoms with van der Waals surface area (Å²) in [5, 5.41) is 0. The molecule has 0 saturated heterocycles. The lowest BCUT2D eigenvalue weighted by Gasteiger charge is -2.29. The fourth-order valence-corrected chi connectivity index (χ4v) is 0.750. The Kier molecular flexibility index (Phi) is 3.18. The molecule has 0 aliphatic carbocycles. The van der Waals surface area contributed by atoms with Gasteiger partial charge < -0.3 is 18.1 Å². The van der Waals surface area contributed by atoms with E-state index in [2.05, 4.69) is 13.3 Å². The summed E-state index contributed by atoms with van der Waals surface area (Å²) in [5.41, 5.74) is 0. The van der Waals surface area contributed by atoms with Gasteiger partial charge in [0.2, 0.25) is 0 Å². The number of hydrogen-bond acceptors (Lipinski definition) is 4. The van der Waals surface area contributed by atoms with Crippen molar-refractivity contribution in [3.05, 3.63) is 0 Å². The van der Waals surface area contributed by atoms with Crippen LogP contribution in [-0.4, -0.2) is 30.4 Å². The standard InChI is InChI=1S/C3H9O4Si/c1-5-8(4,6-2)7-3/h1-3H3/q-1. The fourth-order valence-electron chi connectivity index (χ4n) is 0.250. The Hall–Kier alpha value is 0.0569. The van der Waals surface area contributed by atoms with Crippen molar-refractivity contribution in [3.8, 4) is 0 Å². The van der Waals surface area contributed by atoms with Crippen LogP contribution in [0.3, 0.4) is 0 Å². The average Bonchev–Trinajstić information content (AvgIpc) is 1.87. The van der Waals surface area contributed by atoms with Gasteiger partial charge in [0.25, 0.3) is 0 Å². The molecule has 0 bridgehead atoms. The van der Waals surface area contributed by atoms with Crippen LogP contribution in [0.15, 0.2) is 0 Å². The third-order valence-corrected chi connectivity index (χ3v) is 2.25. The van der Waals surface area contributed by atoms with Crippen molar-refractivity contribution in [2.45, 2.75) is 0 Å². The molecule has 5 heteroatoms. The Morgan fingerprint density at radius 3 is 1.25 bits per heavy atom. The molecule has 0 rings (SSSR count). The second-order valence-electron chi connectivity index (χ2n) is 1.11. The molecule has 0 N–H and O–H groups in total. The van der Waals surface area contributed by atoms with Crippen LogP contribution >= 0.6 is 0 Å². The van der Waals surface area contributed by atoms with Crippen LogP contribution in [0.2, 0.25) is 0 Å². The van der Waals surface area contributed by atoms with Crippen molar-refractivity contribution < 1.29 is 18.1 Å². The monoisotopic (exact) mass is 137 g/mol. The third kappa shape index (κ3) is 1.89. The molecule has 4 nitrogen and oxygen atoms in total. The molecule has 0 fully saturated rings. The second kappa shape index (κ2) is 3.16. The van der Waals surface area contributed by atoms with Gasteiger partial charge in [-0.15, -0.1) is 0 Å². The molecule has 0 aromatic heterocycles. The predicted octanol–water partition coefficient (Wildman–Crippen LogP) is -1.28. The molecule has 0 aliphatic heterocycles. The highest BCUT2D eigenvalue weighted by Gasteiger charge is 2.18. The zero-order valence-corrected chi connectivity index (χ0v) is 6.13. The van der Waals surface area contributed by atoms with Gasteiger partial charge in [-0.05, 0) is 0 Å². The van der Waals surface area contributed by atoms with E-state index in [4.69, 9.17) is 0 Å². The van der Waals surface area contributed by atoms with Crippen LogP contribution in [0.1, 0.15) is 0 Å². The lowest BCUT2D eigenvalue weighted by molar-refractivity contribution is -0.307. The summed E-state index contributed by atoms with van der Waals surface area (Å²) < 4.78 is 13.1. The minimum Gasteiger partial charge on any atom is -0.793 e. The van der Waals surface area contributed by atoms with Crippen LogP contribution in [0.25, 0.3) is 0 Å². The number of hydrogen-bond donors (Lipinski definition) is 0. The van der Waals surface area contributed by atoms with E-state index in [0.717, 1.165) is 0 Å². The highest BCUT2D eigenvalue weighted by molar-refractivity contribution is 6.49. The Bertz CT molecular complexity index is 54.0. The molecule has 0 aromatic carbocycles. The summed E-state index contributed by atoms with van der Waals surface area (Å²) >= 11 is 0. The molecule has 0 unspecified atom stereocenters. The molecule has 0 amide bonds. The molecule has 0 atom stereocenters. The smallest absolute Gasteiger partial charge is 0.412 e. The zero-order valence-electron chi connectivity index (χ0n) is 5.13. The van der Waals surface area contributed by atoms with E-state index in [-0.39, 0.29) is 0 Å². The first-order valence-electron chi connectivity index (χ1n) is 2.04. The largest absolute Gasteiger partial charge is 0.793 e. The van der Waals surface area contributed by atoms with E-state index in [0.29, 0.717) is 0 Å². The van der Waals surface area contributed by atoms with Crippen LogP contribution in [-0.2, 0) is 13.3 Å². The van der Waals surface area contributed by atoms with Gasteiger partial charge >= 0.3 is 9.05 Å². The van der Waals surface area contributed by atoms with Gasteiger partial charge in [0.05, 0.1) is 0 Å². The summed E-state index contributed by atoms with van der Waals surface area (Å²) in [6.45, 7) is 0. The van der Waals surface area contributed by atoms with E-state index in [1.807, 2.05) is 0 Å². The molecule has 0 aliphatic rings. The first-order valence-corrected chi connectivity index (χ1v) is 3.67. The number of rotatable bonds is 3. The SMILES string of the molecule is CO[Si]([O-])(OC)OC. The van der Waals surface area contributed by atoms with Crippen molar-refractivity contribution in [1.29, 1.82) is 0 Å². The first-order chi connectivity index (χ1) is 3.68. The molecule has 0 spiro atoms. The van der Waals surface area contributed by atoms with Gasteiger partial charge in [-0.3, -0.25) is 0 Å². The van der Waals surface area contributed by atoms with Gasteiger partial charge in [0, 0.05) is 21.3 Å². The van der Waals surface area contributed by atoms with E-state index >= 15 is 0 Å². The maximum Gasteiger partial charge on any atom is 0.412 e. The Labute approximate surface area is 49.5 Å². The molecule has 0 heterocycles. The average molecular weight is 137 g/mol. The molecular weight excluding hydrogens is 128 g/mol. The van der Waals surface area contributed by atoms with E-state index in [9.17, 15) is 4.80 Å².